The second kappa shape index (κ2) is 3.13. The number of para-hydroxylation sites is 1. The molecule has 3 aromatic rings. The van der Waals surface area contributed by atoms with Crippen LogP contribution in [-0.2, 0) is 0 Å². The fourth-order valence-corrected chi connectivity index (χ4v) is 2.95. The molecule has 0 unspecified atom stereocenters. The molecule has 1 heteroatoms. The number of aromatic nitrogens is 1. The number of hydrogen-bond acceptors (Lipinski definition) is 0. The summed E-state index contributed by atoms with van der Waals surface area (Å²) in [5.74, 6) is 0. The first-order valence-electron chi connectivity index (χ1n) is 6.34. The molecule has 0 amide bonds. The van der Waals surface area contributed by atoms with Gasteiger partial charge in [0.15, 0.2) is 0 Å². The van der Waals surface area contributed by atoms with Crippen molar-refractivity contribution < 1.29 is 0 Å². The molecule has 1 aliphatic carbocycles. The van der Waals surface area contributed by atoms with Crippen LogP contribution in [0.25, 0.3) is 21.8 Å². The summed E-state index contributed by atoms with van der Waals surface area (Å²) >= 11 is 0. The average Bonchev–Trinajstić information content (AvgIpc) is 3.11. The lowest BCUT2D eigenvalue weighted by molar-refractivity contribution is 0.805. The van der Waals surface area contributed by atoms with Gasteiger partial charge in [-0.3, -0.25) is 0 Å². The van der Waals surface area contributed by atoms with Crippen molar-refractivity contribution in [3.63, 3.8) is 0 Å². The predicted molar refractivity (Wildman–Crippen MR) is 72.5 cm³/mol. The van der Waals surface area contributed by atoms with E-state index in [2.05, 4.69) is 54.0 Å². The van der Waals surface area contributed by atoms with E-state index < -0.39 is 0 Å². The van der Waals surface area contributed by atoms with Crippen molar-refractivity contribution in [3.8, 4) is 0 Å². The van der Waals surface area contributed by atoms with Gasteiger partial charge in [0, 0.05) is 27.8 Å². The van der Waals surface area contributed by atoms with Crippen LogP contribution in [0.5, 0.6) is 0 Å². The van der Waals surface area contributed by atoms with Crippen LogP contribution in [0.4, 0.5) is 0 Å². The molecule has 1 nitrogen and oxygen atoms in total. The van der Waals surface area contributed by atoms with Crippen LogP contribution in [0.1, 0.15) is 24.4 Å². The largest absolute Gasteiger partial charge is 0.337 e. The lowest BCUT2D eigenvalue weighted by Crippen LogP contribution is -1.92. The van der Waals surface area contributed by atoms with Gasteiger partial charge in [-0.1, -0.05) is 30.3 Å². The standard InChI is InChI=1S/C16H15N/c1-11-5-4-8-15-16(11)13-6-2-3-7-14(13)17(15)12-9-10-12/h2-8,12H,9-10H2,1H3. The Bertz CT molecular complexity index is 717. The van der Waals surface area contributed by atoms with Crippen molar-refractivity contribution in [2.75, 3.05) is 0 Å². The SMILES string of the molecule is Cc1cccc2c1c1ccccc1n2C1CC1. The lowest BCUT2D eigenvalue weighted by Gasteiger charge is -2.04. The van der Waals surface area contributed by atoms with Gasteiger partial charge in [-0.2, -0.15) is 0 Å². The zero-order valence-corrected chi connectivity index (χ0v) is 9.98. The molecule has 1 saturated carbocycles. The maximum atomic E-state index is 2.54. The molecule has 1 fully saturated rings. The third kappa shape index (κ3) is 1.20. The van der Waals surface area contributed by atoms with Gasteiger partial charge in [-0.05, 0) is 37.5 Å². The molecule has 84 valence electrons. The number of benzene rings is 2. The van der Waals surface area contributed by atoms with Crippen molar-refractivity contribution in [2.24, 2.45) is 0 Å². The zero-order valence-electron chi connectivity index (χ0n) is 9.98. The van der Waals surface area contributed by atoms with E-state index in [4.69, 9.17) is 0 Å². The quantitative estimate of drug-likeness (QED) is 0.572. The van der Waals surface area contributed by atoms with Crippen LogP contribution in [0.2, 0.25) is 0 Å². The van der Waals surface area contributed by atoms with E-state index in [1.807, 2.05) is 0 Å². The fraction of sp³-hybridized carbons (Fsp3) is 0.250. The molecule has 0 aliphatic heterocycles. The second-order valence-corrected chi connectivity index (χ2v) is 5.09. The summed E-state index contributed by atoms with van der Waals surface area (Å²) in [4.78, 5) is 0. The molecular formula is C16H15N. The van der Waals surface area contributed by atoms with Gasteiger partial charge in [0.2, 0.25) is 0 Å². The van der Waals surface area contributed by atoms with Gasteiger partial charge in [0.25, 0.3) is 0 Å². The Morgan fingerprint density at radius 2 is 1.71 bits per heavy atom. The maximum absolute atomic E-state index is 2.54. The molecule has 0 N–H and O–H groups in total. The Kier molecular flexibility index (Phi) is 1.71. The Morgan fingerprint density at radius 1 is 0.941 bits per heavy atom. The number of rotatable bonds is 1. The molecule has 0 bridgehead atoms. The molecule has 17 heavy (non-hydrogen) atoms. The molecule has 0 radical (unpaired) electrons. The van der Waals surface area contributed by atoms with Crippen LogP contribution in [0.3, 0.4) is 0 Å². The highest BCUT2D eigenvalue weighted by molar-refractivity contribution is 6.09. The van der Waals surface area contributed by atoms with Gasteiger partial charge >= 0.3 is 0 Å². The van der Waals surface area contributed by atoms with Crippen LogP contribution in [-0.4, -0.2) is 4.57 Å². The first-order chi connectivity index (χ1) is 8.36. The summed E-state index contributed by atoms with van der Waals surface area (Å²) in [5.41, 5.74) is 4.20. The molecule has 1 aliphatic rings. The summed E-state index contributed by atoms with van der Waals surface area (Å²) in [6, 6.07) is 16.2. The average molecular weight is 221 g/mol. The molecule has 4 rings (SSSR count). The maximum Gasteiger partial charge on any atom is 0.0496 e. The van der Waals surface area contributed by atoms with Crippen LogP contribution in [0.15, 0.2) is 42.5 Å². The van der Waals surface area contributed by atoms with Crippen molar-refractivity contribution in [3.05, 3.63) is 48.0 Å². The number of nitrogens with zero attached hydrogens (tertiary/aromatic N) is 1. The smallest absolute Gasteiger partial charge is 0.0496 e. The van der Waals surface area contributed by atoms with Gasteiger partial charge in [0.1, 0.15) is 0 Å². The van der Waals surface area contributed by atoms with Crippen molar-refractivity contribution >= 4 is 21.8 Å². The van der Waals surface area contributed by atoms with Crippen molar-refractivity contribution in [1.82, 2.24) is 4.57 Å². The number of aryl methyl sites for hydroxylation is 1. The monoisotopic (exact) mass is 221 g/mol. The highest BCUT2D eigenvalue weighted by atomic mass is 15.0. The zero-order chi connectivity index (χ0) is 11.4. The summed E-state index contributed by atoms with van der Waals surface area (Å²) in [7, 11) is 0. The van der Waals surface area contributed by atoms with E-state index in [0.29, 0.717) is 0 Å². The summed E-state index contributed by atoms with van der Waals surface area (Å²) in [5, 5.41) is 2.85. The van der Waals surface area contributed by atoms with Gasteiger partial charge in [0.05, 0.1) is 0 Å². The Morgan fingerprint density at radius 3 is 2.53 bits per heavy atom. The predicted octanol–water partition coefficient (Wildman–Crippen LogP) is 4.44. The van der Waals surface area contributed by atoms with E-state index in [-0.39, 0.29) is 0 Å². The number of fused-ring (bicyclic) bond motifs is 3. The minimum absolute atomic E-state index is 0.735. The Labute approximate surface area is 101 Å². The molecule has 0 spiro atoms. The van der Waals surface area contributed by atoms with Crippen LogP contribution < -0.4 is 0 Å². The molecule has 2 aromatic carbocycles. The van der Waals surface area contributed by atoms with E-state index in [9.17, 15) is 0 Å². The normalized spacial score (nSPS) is 15.8. The lowest BCUT2D eigenvalue weighted by atomic mass is 10.1. The summed E-state index contributed by atoms with van der Waals surface area (Å²) in [6.07, 6.45) is 2.67. The minimum atomic E-state index is 0.735. The summed E-state index contributed by atoms with van der Waals surface area (Å²) in [6.45, 7) is 2.21. The van der Waals surface area contributed by atoms with Crippen LogP contribution >= 0.6 is 0 Å². The van der Waals surface area contributed by atoms with Gasteiger partial charge in [-0.25, -0.2) is 0 Å². The molecule has 0 atom stereocenters. The van der Waals surface area contributed by atoms with E-state index in [1.54, 1.807) is 0 Å². The minimum Gasteiger partial charge on any atom is -0.337 e. The van der Waals surface area contributed by atoms with Crippen molar-refractivity contribution in [2.45, 2.75) is 25.8 Å². The topological polar surface area (TPSA) is 4.93 Å². The highest BCUT2D eigenvalue weighted by Gasteiger charge is 2.27. The van der Waals surface area contributed by atoms with E-state index in [0.717, 1.165) is 6.04 Å². The van der Waals surface area contributed by atoms with E-state index in [1.165, 1.54) is 40.2 Å². The third-order valence-electron chi connectivity index (χ3n) is 3.86. The second-order valence-electron chi connectivity index (χ2n) is 5.09. The first kappa shape index (κ1) is 9.29. The molecule has 0 saturated heterocycles. The van der Waals surface area contributed by atoms with Gasteiger partial charge < -0.3 is 4.57 Å². The highest BCUT2D eigenvalue weighted by Crippen LogP contribution is 2.42. The summed E-state index contributed by atoms with van der Waals surface area (Å²) < 4.78 is 2.54. The third-order valence-corrected chi connectivity index (χ3v) is 3.86. The molecule has 1 aromatic heterocycles. The molecular weight excluding hydrogens is 206 g/mol. The fourth-order valence-electron chi connectivity index (χ4n) is 2.95. The van der Waals surface area contributed by atoms with Crippen LogP contribution in [0, 0.1) is 6.92 Å². The first-order valence-corrected chi connectivity index (χ1v) is 6.34. The molecule has 1 heterocycles. The Balaban J connectivity index is 2.29. The van der Waals surface area contributed by atoms with E-state index >= 15 is 0 Å². The number of hydrogen-bond donors (Lipinski definition) is 0. The Hall–Kier alpha value is -1.76. The van der Waals surface area contributed by atoms with Crippen molar-refractivity contribution in [1.29, 1.82) is 0 Å². The van der Waals surface area contributed by atoms with Gasteiger partial charge in [-0.15, -0.1) is 0 Å².